The summed E-state index contributed by atoms with van der Waals surface area (Å²) >= 11 is 0. The highest BCUT2D eigenvalue weighted by Crippen LogP contribution is 2.27. The van der Waals surface area contributed by atoms with Gasteiger partial charge in [-0.05, 0) is 29.3 Å². The average Bonchev–Trinajstić information content (AvgIpc) is 3.10. The number of benzene rings is 2. The number of aldehydes is 1. The van der Waals surface area contributed by atoms with Crippen LogP contribution in [-0.2, 0) is 0 Å². The molecule has 4 aromatic rings. The second-order valence-electron chi connectivity index (χ2n) is 5.81. The van der Waals surface area contributed by atoms with E-state index in [1.165, 1.54) is 4.68 Å². The number of pyridine rings is 1. The third-order valence-electron chi connectivity index (χ3n) is 4.09. The molecule has 0 saturated heterocycles. The zero-order valence-corrected chi connectivity index (χ0v) is 13.8. The van der Waals surface area contributed by atoms with Crippen molar-refractivity contribution in [1.29, 1.82) is 0 Å². The highest BCUT2D eigenvalue weighted by molar-refractivity contribution is 5.79. The van der Waals surface area contributed by atoms with Gasteiger partial charge in [0.1, 0.15) is 6.29 Å². The summed E-state index contributed by atoms with van der Waals surface area (Å²) in [5.41, 5.74) is 4.16. The number of carbonyl (C=O) groups is 1. The second kappa shape index (κ2) is 6.64. The maximum atomic E-state index is 10.9. The molecule has 26 heavy (non-hydrogen) atoms. The lowest BCUT2D eigenvalue weighted by Gasteiger charge is -2.04. The first-order valence-electron chi connectivity index (χ1n) is 8.11. The van der Waals surface area contributed by atoms with E-state index in [-0.39, 0.29) is 5.88 Å². The smallest absolute Gasteiger partial charge is 0.216 e. The molecule has 2 aromatic carbocycles. The van der Waals surface area contributed by atoms with Crippen molar-refractivity contribution in [2.24, 2.45) is 0 Å². The first-order valence-corrected chi connectivity index (χ1v) is 8.11. The van der Waals surface area contributed by atoms with Gasteiger partial charge >= 0.3 is 0 Å². The summed E-state index contributed by atoms with van der Waals surface area (Å²) in [6, 6.07) is 22.3. The van der Waals surface area contributed by atoms with Crippen LogP contribution in [0.3, 0.4) is 0 Å². The Kier molecular flexibility index (Phi) is 4.03. The van der Waals surface area contributed by atoms with Gasteiger partial charge in [-0.1, -0.05) is 48.5 Å². The molecule has 5 heteroatoms. The van der Waals surface area contributed by atoms with Gasteiger partial charge in [-0.15, -0.1) is 0 Å². The molecule has 5 nitrogen and oxygen atoms in total. The maximum Gasteiger partial charge on any atom is 0.216 e. The zero-order valence-electron chi connectivity index (χ0n) is 13.8. The molecule has 2 aromatic heterocycles. The van der Waals surface area contributed by atoms with Gasteiger partial charge in [0.15, 0.2) is 5.82 Å². The van der Waals surface area contributed by atoms with Gasteiger partial charge < -0.3 is 5.11 Å². The van der Waals surface area contributed by atoms with E-state index in [4.69, 9.17) is 0 Å². The molecule has 0 aliphatic rings. The lowest BCUT2D eigenvalue weighted by molar-refractivity contribution is 0.112. The predicted octanol–water partition coefficient (Wildman–Crippen LogP) is 4.12. The summed E-state index contributed by atoms with van der Waals surface area (Å²) in [4.78, 5) is 15.1. The second-order valence-corrected chi connectivity index (χ2v) is 5.81. The summed E-state index contributed by atoms with van der Waals surface area (Å²) in [6.45, 7) is 0. The molecule has 1 N–H and O–H groups in total. The van der Waals surface area contributed by atoms with Gasteiger partial charge in [-0.3, -0.25) is 4.79 Å². The van der Waals surface area contributed by atoms with Gasteiger partial charge in [-0.2, -0.15) is 9.78 Å². The fourth-order valence-corrected chi connectivity index (χ4v) is 2.78. The highest BCUT2D eigenvalue weighted by atomic mass is 16.3. The zero-order chi connectivity index (χ0) is 17.9. The van der Waals surface area contributed by atoms with Gasteiger partial charge in [-0.25, -0.2) is 4.98 Å². The molecule has 126 valence electrons. The monoisotopic (exact) mass is 341 g/mol. The van der Waals surface area contributed by atoms with Crippen molar-refractivity contribution in [1.82, 2.24) is 14.8 Å². The summed E-state index contributed by atoms with van der Waals surface area (Å²) < 4.78 is 1.40. The first-order chi connectivity index (χ1) is 12.7. The van der Waals surface area contributed by atoms with Crippen molar-refractivity contribution in [3.8, 4) is 34.1 Å². The van der Waals surface area contributed by atoms with Crippen molar-refractivity contribution < 1.29 is 9.90 Å². The Balaban J connectivity index is 1.66. The van der Waals surface area contributed by atoms with Crippen molar-refractivity contribution in [2.45, 2.75) is 0 Å². The number of rotatable bonds is 4. The van der Waals surface area contributed by atoms with E-state index in [1.807, 2.05) is 54.6 Å². The fourth-order valence-electron chi connectivity index (χ4n) is 2.78. The molecule has 0 saturated carbocycles. The number of aromatic nitrogens is 3. The van der Waals surface area contributed by atoms with Crippen molar-refractivity contribution >= 4 is 6.29 Å². The molecule has 0 bridgehead atoms. The number of aromatic hydroxyl groups is 1. The van der Waals surface area contributed by atoms with Crippen LogP contribution in [0.2, 0.25) is 0 Å². The van der Waals surface area contributed by atoms with Crippen LogP contribution in [0.15, 0.2) is 79.0 Å². The van der Waals surface area contributed by atoms with Crippen LogP contribution in [-0.4, -0.2) is 26.2 Å². The quantitative estimate of drug-likeness (QED) is 0.567. The highest BCUT2D eigenvalue weighted by Gasteiger charge is 2.11. The minimum atomic E-state index is 0.0291. The number of carbonyl (C=O) groups excluding carboxylic acids is 1. The van der Waals surface area contributed by atoms with Crippen LogP contribution in [0.5, 0.6) is 5.88 Å². The first kappa shape index (κ1) is 15.8. The van der Waals surface area contributed by atoms with Crippen LogP contribution < -0.4 is 0 Å². The Morgan fingerprint density at radius 2 is 1.65 bits per heavy atom. The van der Waals surface area contributed by atoms with E-state index in [1.54, 1.807) is 24.4 Å². The van der Waals surface area contributed by atoms with E-state index in [2.05, 4.69) is 10.1 Å². The minimum Gasteiger partial charge on any atom is -0.493 e. The van der Waals surface area contributed by atoms with Crippen LogP contribution in [0.1, 0.15) is 10.4 Å². The van der Waals surface area contributed by atoms with Gasteiger partial charge in [0.2, 0.25) is 5.88 Å². The third-order valence-corrected chi connectivity index (χ3v) is 4.09. The molecule has 2 heterocycles. The van der Waals surface area contributed by atoms with E-state index in [0.717, 1.165) is 23.0 Å². The molecule has 4 rings (SSSR count). The molecule has 0 aliphatic carbocycles. The lowest BCUT2D eigenvalue weighted by Crippen LogP contribution is -1.98. The standard InChI is InChI=1S/C21H15N3O2/c25-14-15-4-3-5-18(12-15)16-7-9-17(10-8-16)19-13-21(26)24(23-19)20-6-1-2-11-22-20/h1-14,26H. The van der Waals surface area contributed by atoms with Gasteiger partial charge in [0, 0.05) is 23.4 Å². The number of nitrogens with zero attached hydrogens (tertiary/aromatic N) is 3. The molecular formula is C21H15N3O2. The Labute approximate surface area is 150 Å². The van der Waals surface area contributed by atoms with Crippen LogP contribution in [0.25, 0.3) is 28.2 Å². The lowest BCUT2D eigenvalue weighted by atomic mass is 10.0. The third kappa shape index (κ3) is 2.98. The Morgan fingerprint density at radius 3 is 2.38 bits per heavy atom. The van der Waals surface area contributed by atoms with Crippen molar-refractivity contribution in [2.75, 3.05) is 0 Å². The summed E-state index contributed by atoms with van der Waals surface area (Å²) in [5.74, 6) is 0.583. The largest absolute Gasteiger partial charge is 0.493 e. The molecule has 0 spiro atoms. The summed E-state index contributed by atoms with van der Waals surface area (Å²) in [7, 11) is 0. The maximum absolute atomic E-state index is 10.9. The summed E-state index contributed by atoms with van der Waals surface area (Å²) in [6.07, 6.45) is 2.49. The van der Waals surface area contributed by atoms with E-state index < -0.39 is 0 Å². The van der Waals surface area contributed by atoms with Gasteiger partial charge in [0.25, 0.3) is 0 Å². The van der Waals surface area contributed by atoms with Crippen LogP contribution in [0, 0.1) is 0 Å². The Hall–Kier alpha value is -3.73. The van der Waals surface area contributed by atoms with E-state index >= 15 is 0 Å². The molecule has 0 radical (unpaired) electrons. The SMILES string of the molecule is O=Cc1cccc(-c2ccc(-c3cc(O)n(-c4ccccn4)n3)cc2)c1. The fraction of sp³-hybridized carbons (Fsp3) is 0. The Morgan fingerprint density at radius 1 is 0.846 bits per heavy atom. The molecule has 0 fully saturated rings. The normalized spacial score (nSPS) is 10.6. The molecular weight excluding hydrogens is 326 g/mol. The molecule has 0 unspecified atom stereocenters. The Bertz CT molecular complexity index is 1050. The van der Waals surface area contributed by atoms with Crippen LogP contribution >= 0.6 is 0 Å². The van der Waals surface area contributed by atoms with E-state index in [0.29, 0.717) is 17.1 Å². The molecule has 0 amide bonds. The summed E-state index contributed by atoms with van der Waals surface area (Å²) in [5, 5.41) is 14.6. The van der Waals surface area contributed by atoms with Crippen molar-refractivity contribution in [3.63, 3.8) is 0 Å². The number of hydrogen-bond acceptors (Lipinski definition) is 4. The van der Waals surface area contributed by atoms with Gasteiger partial charge in [0.05, 0.1) is 5.69 Å². The average molecular weight is 341 g/mol. The number of hydrogen-bond donors (Lipinski definition) is 1. The topological polar surface area (TPSA) is 68.0 Å². The van der Waals surface area contributed by atoms with E-state index in [9.17, 15) is 9.90 Å². The molecule has 0 aliphatic heterocycles. The molecule has 0 atom stereocenters. The van der Waals surface area contributed by atoms with Crippen molar-refractivity contribution in [3.05, 3.63) is 84.6 Å². The van der Waals surface area contributed by atoms with Crippen LogP contribution in [0.4, 0.5) is 0 Å². The minimum absolute atomic E-state index is 0.0291. The predicted molar refractivity (Wildman–Crippen MR) is 99.3 cm³/mol.